The van der Waals surface area contributed by atoms with Crippen molar-refractivity contribution in [1.82, 2.24) is 5.32 Å². The fourth-order valence-corrected chi connectivity index (χ4v) is 1.48. The molecule has 0 saturated heterocycles. The molecule has 1 aromatic rings. The summed E-state index contributed by atoms with van der Waals surface area (Å²) in [5.41, 5.74) is 1.54. The van der Waals surface area contributed by atoms with Crippen LogP contribution in [0.5, 0.6) is 0 Å². The molecule has 17 heavy (non-hydrogen) atoms. The van der Waals surface area contributed by atoms with Crippen molar-refractivity contribution in [2.75, 3.05) is 20.8 Å². The number of carbonyl (C=O) groups excluding carboxylic acids is 1. The summed E-state index contributed by atoms with van der Waals surface area (Å²) in [6.45, 7) is 3.35. The fraction of sp³-hybridized carbons (Fsp3) is 0.462. The molecule has 4 heteroatoms. The van der Waals surface area contributed by atoms with Crippen molar-refractivity contribution in [3.8, 4) is 0 Å². The van der Waals surface area contributed by atoms with E-state index < -0.39 is 0 Å². The van der Waals surface area contributed by atoms with E-state index in [1.807, 2.05) is 25.1 Å². The van der Waals surface area contributed by atoms with Crippen molar-refractivity contribution < 1.29 is 14.3 Å². The number of methoxy groups -OCH3 is 2. The minimum Gasteiger partial charge on any atom is -0.465 e. The highest BCUT2D eigenvalue weighted by Gasteiger charge is 2.10. The number of hydrogen-bond acceptors (Lipinski definition) is 4. The van der Waals surface area contributed by atoms with E-state index in [1.54, 1.807) is 13.2 Å². The smallest absolute Gasteiger partial charge is 0.338 e. The fourth-order valence-electron chi connectivity index (χ4n) is 1.48. The highest BCUT2D eigenvalue weighted by Crippen LogP contribution is 2.09. The van der Waals surface area contributed by atoms with E-state index in [2.05, 4.69) is 5.32 Å². The van der Waals surface area contributed by atoms with E-state index in [9.17, 15) is 4.79 Å². The topological polar surface area (TPSA) is 47.6 Å². The molecule has 0 aliphatic carbocycles. The summed E-state index contributed by atoms with van der Waals surface area (Å²) in [6, 6.07) is 7.41. The molecule has 0 aliphatic heterocycles. The second-order valence-corrected chi connectivity index (χ2v) is 3.83. The quantitative estimate of drug-likeness (QED) is 0.763. The van der Waals surface area contributed by atoms with Gasteiger partial charge in [-0.05, 0) is 18.6 Å². The van der Waals surface area contributed by atoms with Gasteiger partial charge in [-0.2, -0.15) is 0 Å². The zero-order chi connectivity index (χ0) is 12.7. The van der Waals surface area contributed by atoms with Gasteiger partial charge in [-0.25, -0.2) is 4.79 Å². The molecule has 0 saturated carbocycles. The van der Waals surface area contributed by atoms with E-state index in [-0.39, 0.29) is 12.1 Å². The van der Waals surface area contributed by atoms with Gasteiger partial charge in [-0.1, -0.05) is 18.2 Å². The summed E-state index contributed by atoms with van der Waals surface area (Å²) < 4.78 is 9.87. The second kappa shape index (κ2) is 7.04. The number of nitrogens with one attached hydrogen (secondary N) is 1. The first kappa shape index (κ1) is 13.7. The number of hydrogen-bond donors (Lipinski definition) is 1. The van der Waals surface area contributed by atoms with Gasteiger partial charge >= 0.3 is 5.97 Å². The molecule has 4 nitrogen and oxygen atoms in total. The molecule has 94 valence electrons. The third kappa shape index (κ3) is 4.17. The molecule has 1 rings (SSSR count). The lowest BCUT2D eigenvalue weighted by atomic mass is 10.1. The van der Waals surface area contributed by atoms with Gasteiger partial charge in [0.25, 0.3) is 0 Å². The first-order valence-electron chi connectivity index (χ1n) is 5.58. The Kier molecular flexibility index (Phi) is 5.66. The van der Waals surface area contributed by atoms with Gasteiger partial charge in [0, 0.05) is 20.2 Å². The molecule has 1 atom stereocenters. The molecular weight excluding hydrogens is 218 g/mol. The summed E-state index contributed by atoms with van der Waals surface area (Å²) in [5, 5.41) is 3.24. The van der Waals surface area contributed by atoms with Crippen molar-refractivity contribution in [3.05, 3.63) is 35.4 Å². The van der Waals surface area contributed by atoms with E-state index in [1.165, 1.54) is 7.11 Å². The van der Waals surface area contributed by atoms with Gasteiger partial charge in [-0.15, -0.1) is 0 Å². The molecule has 0 fully saturated rings. The predicted octanol–water partition coefficient (Wildman–Crippen LogP) is 1.60. The van der Waals surface area contributed by atoms with E-state index in [0.29, 0.717) is 12.1 Å². The van der Waals surface area contributed by atoms with Crippen molar-refractivity contribution in [1.29, 1.82) is 0 Å². The lowest BCUT2D eigenvalue weighted by Crippen LogP contribution is -2.26. The molecular formula is C13H19NO3. The van der Waals surface area contributed by atoms with Crippen LogP contribution >= 0.6 is 0 Å². The minimum absolute atomic E-state index is 0.153. The Labute approximate surface area is 102 Å². The van der Waals surface area contributed by atoms with Crippen LogP contribution in [0.1, 0.15) is 22.8 Å². The third-order valence-electron chi connectivity index (χ3n) is 2.57. The number of carbonyl (C=O) groups is 1. The van der Waals surface area contributed by atoms with Crippen LogP contribution in [-0.4, -0.2) is 32.8 Å². The number of ether oxygens (including phenoxy) is 2. The van der Waals surface area contributed by atoms with Crippen LogP contribution < -0.4 is 5.32 Å². The van der Waals surface area contributed by atoms with Crippen LogP contribution in [0, 0.1) is 0 Å². The molecule has 1 unspecified atom stereocenters. The summed E-state index contributed by atoms with van der Waals surface area (Å²) >= 11 is 0. The number of rotatable bonds is 6. The van der Waals surface area contributed by atoms with E-state index in [0.717, 1.165) is 12.1 Å². The molecule has 0 heterocycles. The first-order chi connectivity index (χ1) is 8.19. The maximum atomic E-state index is 11.5. The third-order valence-corrected chi connectivity index (χ3v) is 2.57. The zero-order valence-corrected chi connectivity index (χ0v) is 10.5. The molecule has 0 radical (unpaired) electrons. The zero-order valence-electron chi connectivity index (χ0n) is 10.5. The van der Waals surface area contributed by atoms with Gasteiger partial charge in [0.2, 0.25) is 0 Å². The number of benzene rings is 1. The molecule has 1 aromatic carbocycles. The van der Waals surface area contributed by atoms with E-state index >= 15 is 0 Å². The van der Waals surface area contributed by atoms with Crippen LogP contribution in [0.25, 0.3) is 0 Å². The monoisotopic (exact) mass is 237 g/mol. The molecule has 0 aromatic heterocycles. The Morgan fingerprint density at radius 1 is 1.35 bits per heavy atom. The van der Waals surface area contributed by atoms with Gasteiger partial charge in [0.05, 0.1) is 18.8 Å². The van der Waals surface area contributed by atoms with Gasteiger partial charge in [0.15, 0.2) is 0 Å². The summed E-state index contributed by atoms with van der Waals surface area (Å²) in [7, 11) is 3.06. The standard InChI is InChI=1S/C13H19NO3/c1-10(16-2)8-14-9-11-6-4-5-7-12(11)13(15)17-3/h4-7,10,14H,8-9H2,1-3H3. The highest BCUT2D eigenvalue weighted by atomic mass is 16.5. The van der Waals surface area contributed by atoms with Crippen LogP contribution in [-0.2, 0) is 16.0 Å². The van der Waals surface area contributed by atoms with Gasteiger partial charge < -0.3 is 14.8 Å². The average molecular weight is 237 g/mol. The molecule has 0 bridgehead atoms. The summed E-state index contributed by atoms with van der Waals surface area (Å²) in [5.74, 6) is -0.304. The summed E-state index contributed by atoms with van der Waals surface area (Å²) in [6.07, 6.45) is 0.153. The Balaban J connectivity index is 2.61. The molecule has 0 amide bonds. The van der Waals surface area contributed by atoms with Crippen molar-refractivity contribution >= 4 is 5.97 Å². The van der Waals surface area contributed by atoms with E-state index in [4.69, 9.17) is 9.47 Å². The normalized spacial score (nSPS) is 12.2. The van der Waals surface area contributed by atoms with Gasteiger partial charge in [-0.3, -0.25) is 0 Å². The highest BCUT2D eigenvalue weighted by molar-refractivity contribution is 5.90. The lowest BCUT2D eigenvalue weighted by Gasteiger charge is -2.12. The SMILES string of the molecule is COC(=O)c1ccccc1CNCC(C)OC. The molecule has 0 spiro atoms. The maximum absolute atomic E-state index is 11.5. The Bertz CT molecular complexity index is 365. The van der Waals surface area contributed by atoms with Crippen LogP contribution in [0.3, 0.4) is 0 Å². The van der Waals surface area contributed by atoms with Gasteiger partial charge in [0.1, 0.15) is 0 Å². The number of esters is 1. The Hall–Kier alpha value is -1.39. The largest absolute Gasteiger partial charge is 0.465 e. The van der Waals surface area contributed by atoms with Crippen molar-refractivity contribution in [2.24, 2.45) is 0 Å². The lowest BCUT2D eigenvalue weighted by molar-refractivity contribution is 0.0599. The minimum atomic E-state index is -0.304. The summed E-state index contributed by atoms with van der Waals surface area (Å²) in [4.78, 5) is 11.5. The first-order valence-corrected chi connectivity index (χ1v) is 5.58. The van der Waals surface area contributed by atoms with Crippen LogP contribution in [0.4, 0.5) is 0 Å². The molecule has 1 N–H and O–H groups in total. The van der Waals surface area contributed by atoms with Crippen LogP contribution in [0.15, 0.2) is 24.3 Å². The second-order valence-electron chi connectivity index (χ2n) is 3.83. The maximum Gasteiger partial charge on any atom is 0.338 e. The van der Waals surface area contributed by atoms with Crippen molar-refractivity contribution in [3.63, 3.8) is 0 Å². The van der Waals surface area contributed by atoms with Crippen LogP contribution in [0.2, 0.25) is 0 Å². The molecule has 0 aliphatic rings. The predicted molar refractivity (Wildman–Crippen MR) is 66.0 cm³/mol. The van der Waals surface area contributed by atoms with Crippen molar-refractivity contribution in [2.45, 2.75) is 19.6 Å². The Morgan fingerprint density at radius 3 is 2.71 bits per heavy atom. The average Bonchev–Trinajstić information content (AvgIpc) is 2.38. The Morgan fingerprint density at radius 2 is 2.06 bits per heavy atom.